The molecule has 29 heavy (non-hydrogen) atoms. The molecule has 0 radical (unpaired) electrons. The first-order valence-electron chi connectivity index (χ1n) is 10.3. The molecule has 2 aromatic carbocycles. The molecule has 0 aliphatic carbocycles. The molecule has 0 spiro atoms. The molecule has 0 aromatic heterocycles. The summed E-state index contributed by atoms with van der Waals surface area (Å²) in [6.07, 6.45) is 2.14. The number of hydrogen-bond donors (Lipinski definition) is 1. The third-order valence-electron chi connectivity index (χ3n) is 6.13. The number of benzene rings is 2. The Hall–Kier alpha value is -2.66. The highest BCUT2D eigenvalue weighted by Crippen LogP contribution is 2.43. The zero-order valence-electron chi connectivity index (χ0n) is 16.9. The molecule has 0 saturated carbocycles. The number of hydrogen-bond acceptors (Lipinski definition) is 3. The maximum absolute atomic E-state index is 13.3. The van der Waals surface area contributed by atoms with Gasteiger partial charge in [0.2, 0.25) is 11.8 Å². The van der Waals surface area contributed by atoms with Crippen molar-refractivity contribution in [3.05, 3.63) is 71.3 Å². The predicted molar refractivity (Wildman–Crippen MR) is 111 cm³/mol. The Morgan fingerprint density at radius 2 is 2.03 bits per heavy atom. The summed E-state index contributed by atoms with van der Waals surface area (Å²) in [7, 11) is 0. The lowest BCUT2D eigenvalue weighted by molar-refractivity contribution is -0.129. The van der Waals surface area contributed by atoms with Gasteiger partial charge in [-0.05, 0) is 30.9 Å². The molecule has 1 N–H and O–H groups in total. The van der Waals surface area contributed by atoms with Crippen molar-refractivity contribution < 1.29 is 14.3 Å². The Morgan fingerprint density at radius 1 is 1.21 bits per heavy atom. The maximum Gasteiger partial charge on any atom is 0.232 e. The van der Waals surface area contributed by atoms with Crippen molar-refractivity contribution in [2.75, 3.05) is 19.7 Å². The fourth-order valence-electron chi connectivity index (χ4n) is 4.60. The summed E-state index contributed by atoms with van der Waals surface area (Å²) in [5.74, 6) is 0.164. The van der Waals surface area contributed by atoms with Gasteiger partial charge in [-0.2, -0.15) is 0 Å². The standard InChI is InChI=1S/C24H28N2O3/c1-18-6-5-9-20(14-18)24(15-21-10-11-22(27)26(21)17-24)23(28)25-12-13-29-16-19-7-3-2-4-8-19/h2-9,14,21H,10-13,15-17H2,1H3,(H,25,28)/t21-,24-/m0/s1. The number of fused-ring (bicyclic) bond motifs is 1. The molecule has 2 fully saturated rings. The molecule has 0 unspecified atom stereocenters. The molecule has 2 amide bonds. The highest BCUT2D eigenvalue weighted by Gasteiger charge is 2.53. The van der Waals surface area contributed by atoms with E-state index in [2.05, 4.69) is 11.4 Å². The summed E-state index contributed by atoms with van der Waals surface area (Å²) >= 11 is 0. The molecule has 2 aromatic rings. The summed E-state index contributed by atoms with van der Waals surface area (Å²) in [6, 6.07) is 18.3. The van der Waals surface area contributed by atoms with Gasteiger partial charge in [-0.15, -0.1) is 0 Å². The number of carbonyl (C=O) groups excluding carboxylic acids is 2. The Bertz CT molecular complexity index is 883. The van der Waals surface area contributed by atoms with Crippen LogP contribution in [0.15, 0.2) is 54.6 Å². The average molecular weight is 392 g/mol. The van der Waals surface area contributed by atoms with Gasteiger partial charge in [0.05, 0.1) is 18.6 Å². The number of amides is 2. The number of rotatable bonds is 7. The van der Waals surface area contributed by atoms with Crippen molar-refractivity contribution in [3.63, 3.8) is 0 Å². The number of ether oxygens (including phenoxy) is 1. The van der Waals surface area contributed by atoms with E-state index in [-0.39, 0.29) is 17.9 Å². The first kappa shape index (κ1) is 19.6. The quantitative estimate of drug-likeness (QED) is 0.737. The van der Waals surface area contributed by atoms with Crippen LogP contribution in [0, 0.1) is 6.92 Å². The third-order valence-corrected chi connectivity index (χ3v) is 6.13. The van der Waals surface area contributed by atoms with Gasteiger partial charge >= 0.3 is 0 Å². The molecule has 2 atom stereocenters. The van der Waals surface area contributed by atoms with E-state index in [0.29, 0.717) is 39.1 Å². The monoisotopic (exact) mass is 392 g/mol. The Labute approximate surface area is 172 Å². The Kier molecular flexibility index (Phi) is 5.67. The summed E-state index contributed by atoms with van der Waals surface area (Å²) in [5, 5.41) is 3.07. The largest absolute Gasteiger partial charge is 0.375 e. The lowest BCUT2D eigenvalue weighted by Gasteiger charge is -2.29. The van der Waals surface area contributed by atoms with Crippen molar-refractivity contribution in [1.29, 1.82) is 0 Å². The van der Waals surface area contributed by atoms with Crippen LogP contribution in [0.2, 0.25) is 0 Å². The van der Waals surface area contributed by atoms with E-state index in [1.807, 2.05) is 60.4 Å². The lowest BCUT2D eigenvalue weighted by Crippen LogP contribution is -2.47. The Morgan fingerprint density at radius 3 is 2.79 bits per heavy atom. The van der Waals surface area contributed by atoms with E-state index in [4.69, 9.17) is 4.74 Å². The van der Waals surface area contributed by atoms with E-state index in [1.165, 1.54) is 0 Å². The molecule has 0 bridgehead atoms. The van der Waals surface area contributed by atoms with Crippen LogP contribution in [0.5, 0.6) is 0 Å². The van der Waals surface area contributed by atoms with Crippen LogP contribution in [0.1, 0.15) is 36.0 Å². The number of nitrogens with one attached hydrogen (secondary N) is 1. The van der Waals surface area contributed by atoms with Crippen LogP contribution >= 0.6 is 0 Å². The van der Waals surface area contributed by atoms with Crippen LogP contribution < -0.4 is 5.32 Å². The predicted octanol–water partition coefficient (Wildman–Crippen LogP) is 2.96. The third kappa shape index (κ3) is 4.06. The smallest absolute Gasteiger partial charge is 0.232 e. The molecule has 152 valence electrons. The zero-order valence-corrected chi connectivity index (χ0v) is 16.9. The van der Waals surface area contributed by atoms with Crippen molar-refractivity contribution in [1.82, 2.24) is 10.2 Å². The minimum absolute atomic E-state index is 0.00592. The summed E-state index contributed by atoms with van der Waals surface area (Å²) in [6.45, 7) is 3.95. The van der Waals surface area contributed by atoms with Gasteiger partial charge in [0.25, 0.3) is 0 Å². The summed E-state index contributed by atoms with van der Waals surface area (Å²) in [4.78, 5) is 27.5. The minimum Gasteiger partial charge on any atom is -0.375 e. The highest BCUT2D eigenvalue weighted by molar-refractivity contribution is 5.91. The summed E-state index contributed by atoms with van der Waals surface area (Å²) < 4.78 is 5.70. The molecule has 4 rings (SSSR count). The lowest BCUT2D eigenvalue weighted by atomic mass is 9.76. The van der Waals surface area contributed by atoms with E-state index >= 15 is 0 Å². The van der Waals surface area contributed by atoms with Crippen molar-refractivity contribution in [3.8, 4) is 0 Å². The van der Waals surface area contributed by atoms with E-state index in [1.54, 1.807) is 0 Å². The van der Waals surface area contributed by atoms with Gasteiger partial charge in [-0.1, -0.05) is 60.2 Å². The van der Waals surface area contributed by atoms with Gasteiger partial charge in [0.15, 0.2) is 0 Å². The maximum atomic E-state index is 13.3. The van der Waals surface area contributed by atoms with Gasteiger partial charge in [-0.25, -0.2) is 0 Å². The first-order chi connectivity index (χ1) is 14.1. The molecular formula is C24H28N2O3. The minimum atomic E-state index is -0.674. The second-order valence-corrected chi connectivity index (χ2v) is 8.16. The van der Waals surface area contributed by atoms with Crippen LogP contribution in [0.4, 0.5) is 0 Å². The second kappa shape index (κ2) is 8.37. The second-order valence-electron chi connectivity index (χ2n) is 8.16. The number of carbonyl (C=O) groups is 2. The van der Waals surface area contributed by atoms with Crippen LogP contribution in [-0.2, 0) is 26.3 Å². The first-order valence-corrected chi connectivity index (χ1v) is 10.3. The molecule has 2 aliphatic rings. The fourth-order valence-corrected chi connectivity index (χ4v) is 4.60. The van der Waals surface area contributed by atoms with Crippen molar-refractivity contribution >= 4 is 11.8 Å². The van der Waals surface area contributed by atoms with E-state index < -0.39 is 5.41 Å². The zero-order chi connectivity index (χ0) is 20.3. The molecular weight excluding hydrogens is 364 g/mol. The SMILES string of the molecule is Cc1cccc([C@]2(C(=O)NCCOCc3ccccc3)C[C@@H]3CCC(=O)N3C2)c1. The Balaban J connectivity index is 1.41. The van der Waals surface area contributed by atoms with Crippen molar-refractivity contribution in [2.45, 2.75) is 44.2 Å². The normalized spacial score (nSPS) is 23.3. The molecule has 2 heterocycles. The van der Waals surface area contributed by atoms with E-state index in [0.717, 1.165) is 23.1 Å². The fraction of sp³-hybridized carbons (Fsp3) is 0.417. The van der Waals surface area contributed by atoms with Crippen LogP contribution in [0.25, 0.3) is 0 Å². The van der Waals surface area contributed by atoms with Gasteiger partial charge in [-0.3, -0.25) is 9.59 Å². The number of aryl methyl sites for hydroxylation is 1. The van der Waals surface area contributed by atoms with Crippen LogP contribution in [0.3, 0.4) is 0 Å². The van der Waals surface area contributed by atoms with Gasteiger partial charge in [0, 0.05) is 25.6 Å². The molecule has 2 aliphatic heterocycles. The summed E-state index contributed by atoms with van der Waals surface area (Å²) in [5.41, 5.74) is 2.57. The molecule has 5 nitrogen and oxygen atoms in total. The average Bonchev–Trinajstić information content (AvgIpc) is 3.28. The van der Waals surface area contributed by atoms with Gasteiger partial charge in [0.1, 0.15) is 0 Å². The van der Waals surface area contributed by atoms with Crippen molar-refractivity contribution in [2.24, 2.45) is 0 Å². The highest BCUT2D eigenvalue weighted by atomic mass is 16.5. The van der Waals surface area contributed by atoms with E-state index in [9.17, 15) is 9.59 Å². The van der Waals surface area contributed by atoms with Crippen LogP contribution in [-0.4, -0.2) is 42.5 Å². The topological polar surface area (TPSA) is 58.6 Å². The number of nitrogens with zero attached hydrogens (tertiary/aromatic N) is 1. The molecule has 2 saturated heterocycles. The van der Waals surface area contributed by atoms with Gasteiger partial charge < -0.3 is 15.0 Å². The molecule has 5 heteroatoms.